The van der Waals surface area contributed by atoms with Gasteiger partial charge in [-0.1, -0.05) is 46.3 Å². The topological polar surface area (TPSA) is 52.0 Å². The van der Waals surface area contributed by atoms with Gasteiger partial charge in [0, 0.05) is 20.1 Å². The number of fused-ring (bicyclic) bond motifs is 1. The van der Waals surface area contributed by atoms with Gasteiger partial charge in [-0.25, -0.2) is 4.98 Å². The minimum atomic E-state index is -0.179. The van der Waals surface area contributed by atoms with E-state index in [1.807, 2.05) is 36.4 Å². The zero-order valence-electron chi connectivity index (χ0n) is 14.8. The first-order chi connectivity index (χ1) is 13.5. The molecule has 0 N–H and O–H groups in total. The van der Waals surface area contributed by atoms with Crippen LogP contribution in [-0.4, -0.2) is 15.3 Å². The van der Waals surface area contributed by atoms with Crippen LogP contribution >= 0.6 is 31.9 Å². The van der Waals surface area contributed by atoms with E-state index in [-0.39, 0.29) is 11.3 Å². The van der Waals surface area contributed by atoms with Gasteiger partial charge in [0.25, 0.3) is 5.56 Å². The van der Waals surface area contributed by atoms with Crippen LogP contribution in [0, 0.1) is 0 Å². The van der Waals surface area contributed by atoms with Gasteiger partial charge in [0.1, 0.15) is 5.82 Å². The third-order valence-corrected chi connectivity index (χ3v) is 5.52. The number of carbonyl (C=O) groups excluding carboxylic acids is 1. The van der Waals surface area contributed by atoms with E-state index < -0.39 is 0 Å². The number of hydrogen-bond donors (Lipinski definition) is 0. The molecule has 0 spiro atoms. The molecule has 0 saturated carbocycles. The lowest BCUT2D eigenvalue weighted by Crippen LogP contribution is -2.22. The number of Topliss-reactive ketones (excluding diaryl/α,β-unsaturated/α-hetero) is 1. The van der Waals surface area contributed by atoms with Gasteiger partial charge >= 0.3 is 0 Å². The van der Waals surface area contributed by atoms with Crippen molar-refractivity contribution in [2.45, 2.75) is 6.92 Å². The maximum Gasteiger partial charge on any atom is 0.266 e. The highest BCUT2D eigenvalue weighted by Gasteiger charge is 2.17. The molecule has 3 aromatic carbocycles. The van der Waals surface area contributed by atoms with Crippen molar-refractivity contribution in [2.24, 2.45) is 0 Å². The molecule has 0 aliphatic heterocycles. The summed E-state index contributed by atoms with van der Waals surface area (Å²) in [7, 11) is 0. The Hall–Kier alpha value is -2.57. The molecule has 28 heavy (non-hydrogen) atoms. The monoisotopic (exact) mass is 496 g/mol. The zero-order chi connectivity index (χ0) is 19.8. The smallest absolute Gasteiger partial charge is 0.266 e. The Morgan fingerprint density at radius 3 is 2.29 bits per heavy atom. The number of ketones is 1. The Balaban J connectivity index is 2.09. The van der Waals surface area contributed by atoms with Gasteiger partial charge in [-0.2, -0.15) is 0 Å². The van der Waals surface area contributed by atoms with Crippen molar-refractivity contribution in [1.82, 2.24) is 9.55 Å². The second-order valence-electron chi connectivity index (χ2n) is 6.33. The summed E-state index contributed by atoms with van der Waals surface area (Å²) in [5, 5.41) is 0.497. The lowest BCUT2D eigenvalue weighted by molar-refractivity contribution is 0.101. The third-order valence-electron chi connectivity index (χ3n) is 4.46. The summed E-state index contributed by atoms with van der Waals surface area (Å²) in [5.41, 5.74) is 2.49. The number of rotatable bonds is 3. The molecule has 0 saturated heterocycles. The average Bonchev–Trinajstić information content (AvgIpc) is 2.69. The number of carbonyl (C=O) groups is 1. The molecule has 0 amide bonds. The number of aromatic nitrogens is 2. The van der Waals surface area contributed by atoms with Gasteiger partial charge in [0.15, 0.2) is 5.78 Å². The van der Waals surface area contributed by atoms with Crippen LogP contribution in [0.4, 0.5) is 0 Å². The van der Waals surface area contributed by atoms with Crippen molar-refractivity contribution in [1.29, 1.82) is 0 Å². The van der Waals surface area contributed by atoms with E-state index in [4.69, 9.17) is 4.98 Å². The quantitative estimate of drug-likeness (QED) is 0.337. The Kier molecular flexibility index (Phi) is 5.00. The van der Waals surface area contributed by atoms with Crippen molar-refractivity contribution >= 4 is 48.5 Å². The summed E-state index contributed by atoms with van der Waals surface area (Å²) in [5.74, 6) is 0.517. The summed E-state index contributed by atoms with van der Waals surface area (Å²) in [4.78, 5) is 29.9. The van der Waals surface area contributed by atoms with E-state index in [0.29, 0.717) is 28.0 Å². The molecule has 138 valence electrons. The molecule has 0 aliphatic carbocycles. The number of benzene rings is 3. The summed E-state index contributed by atoms with van der Waals surface area (Å²) in [6, 6.07) is 20.2. The Labute approximate surface area is 178 Å². The summed E-state index contributed by atoms with van der Waals surface area (Å²) < 4.78 is 3.11. The molecule has 6 heteroatoms. The summed E-state index contributed by atoms with van der Waals surface area (Å²) in [6.07, 6.45) is 0. The van der Waals surface area contributed by atoms with E-state index in [0.717, 1.165) is 14.5 Å². The van der Waals surface area contributed by atoms with Crippen LogP contribution in [-0.2, 0) is 0 Å². The van der Waals surface area contributed by atoms with E-state index in [2.05, 4.69) is 31.9 Å². The first-order valence-electron chi connectivity index (χ1n) is 8.54. The Bertz CT molecular complexity index is 1260. The Morgan fingerprint density at radius 2 is 1.64 bits per heavy atom. The fourth-order valence-electron chi connectivity index (χ4n) is 3.08. The fraction of sp³-hybridized carbons (Fsp3) is 0.0455. The molecule has 4 aromatic rings. The van der Waals surface area contributed by atoms with Crippen LogP contribution < -0.4 is 5.56 Å². The lowest BCUT2D eigenvalue weighted by Gasteiger charge is -2.15. The number of nitrogens with zero attached hydrogens (tertiary/aromatic N) is 2. The van der Waals surface area contributed by atoms with E-state index in [1.165, 1.54) is 6.92 Å². The van der Waals surface area contributed by atoms with Gasteiger partial charge in [-0.05, 0) is 59.3 Å². The molecule has 4 nitrogen and oxygen atoms in total. The van der Waals surface area contributed by atoms with Crippen molar-refractivity contribution in [3.63, 3.8) is 0 Å². The van der Waals surface area contributed by atoms with Crippen molar-refractivity contribution in [3.8, 4) is 17.1 Å². The molecule has 0 atom stereocenters. The number of hydrogen-bond acceptors (Lipinski definition) is 3. The highest BCUT2D eigenvalue weighted by atomic mass is 79.9. The van der Waals surface area contributed by atoms with Gasteiger partial charge in [0.05, 0.1) is 16.6 Å². The zero-order valence-corrected chi connectivity index (χ0v) is 18.0. The van der Waals surface area contributed by atoms with Crippen molar-refractivity contribution in [3.05, 3.63) is 91.6 Å². The summed E-state index contributed by atoms with van der Waals surface area (Å²) >= 11 is 6.96. The molecular formula is C22H14Br2N2O2. The first kappa shape index (κ1) is 18.8. The first-order valence-corrected chi connectivity index (χ1v) is 10.1. The van der Waals surface area contributed by atoms with Crippen LogP contribution in [0.2, 0.25) is 0 Å². The molecule has 0 fully saturated rings. The summed E-state index contributed by atoms with van der Waals surface area (Å²) in [6.45, 7) is 1.52. The van der Waals surface area contributed by atoms with E-state index in [9.17, 15) is 9.59 Å². The molecule has 0 bridgehead atoms. The van der Waals surface area contributed by atoms with Crippen LogP contribution in [0.25, 0.3) is 28.0 Å². The SMILES string of the molecule is CC(=O)c1ccc(-n2c(-c3ccccc3)nc3c(Br)cc(Br)cc3c2=O)cc1. The van der Waals surface area contributed by atoms with Crippen LogP contribution in [0.5, 0.6) is 0 Å². The normalized spacial score (nSPS) is 11.0. The van der Waals surface area contributed by atoms with Gasteiger partial charge in [-0.15, -0.1) is 0 Å². The largest absolute Gasteiger partial charge is 0.295 e. The predicted octanol–water partition coefficient (Wildman–Crippen LogP) is 5.78. The standard InChI is InChI=1S/C22H14Br2N2O2/c1-13(27)14-7-9-17(10-8-14)26-21(15-5-3-2-4-6-15)25-20-18(22(26)28)11-16(23)12-19(20)24/h2-12H,1H3. The highest BCUT2D eigenvalue weighted by molar-refractivity contribution is 9.11. The number of halogens is 2. The van der Waals surface area contributed by atoms with Gasteiger partial charge in [-0.3, -0.25) is 14.2 Å². The van der Waals surface area contributed by atoms with Crippen LogP contribution in [0.15, 0.2) is 80.5 Å². The second kappa shape index (κ2) is 7.45. The Morgan fingerprint density at radius 1 is 0.964 bits per heavy atom. The van der Waals surface area contributed by atoms with Crippen LogP contribution in [0.1, 0.15) is 17.3 Å². The third kappa shape index (κ3) is 3.34. The molecule has 0 unspecified atom stereocenters. The maximum absolute atomic E-state index is 13.5. The lowest BCUT2D eigenvalue weighted by atomic mass is 10.1. The molecule has 0 aliphatic rings. The van der Waals surface area contributed by atoms with Crippen LogP contribution in [0.3, 0.4) is 0 Å². The van der Waals surface area contributed by atoms with Crippen molar-refractivity contribution < 1.29 is 4.79 Å². The molecule has 1 heterocycles. The minimum absolute atomic E-state index is 0.0216. The van der Waals surface area contributed by atoms with Gasteiger partial charge in [0.2, 0.25) is 0 Å². The maximum atomic E-state index is 13.5. The molecular weight excluding hydrogens is 484 g/mol. The highest BCUT2D eigenvalue weighted by Crippen LogP contribution is 2.29. The molecule has 0 radical (unpaired) electrons. The second-order valence-corrected chi connectivity index (χ2v) is 8.10. The molecule has 4 rings (SSSR count). The van der Waals surface area contributed by atoms with Crippen molar-refractivity contribution in [2.75, 3.05) is 0 Å². The van der Waals surface area contributed by atoms with Gasteiger partial charge < -0.3 is 0 Å². The minimum Gasteiger partial charge on any atom is -0.295 e. The van der Waals surface area contributed by atoms with E-state index >= 15 is 0 Å². The fourth-order valence-corrected chi connectivity index (χ4v) is 4.39. The average molecular weight is 498 g/mol. The molecule has 1 aromatic heterocycles. The van der Waals surface area contributed by atoms with E-state index in [1.54, 1.807) is 34.9 Å². The predicted molar refractivity (Wildman–Crippen MR) is 118 cm³/mol.